The predicted octanol–water partition coefficient (Wildman–Crippen LogP) is 3.19. The molecule has 5 nitrogen and oxygen atoms in total. The molecule has 2 unspecified atom stereocenters. The third-order valence-corrected chi connectivity index (χ3v) is 11.1. The molecule has 0 bridgehead atoms. The van der Waals surface area contributed by atoms with Crippen molar-refractivity contribution in [2.24, 2.45) is 5.92 Å². The number of aliphatic hydroxyl groups is 1. The van der Waals surface area contributed by atoms with Gasteiger partial charge in [-0.3, -0.25) is 0 Å². The van der Waals surface area contributed by atoms with E-state index in [2.05, 4.69) is 11.8 Å². The number of nitrogens with one attached hydrogen (secondary N) is 2. The van der Waals surface area contributed by atoms with Gasteiger partial charge in [0.2, 0.25) is 0 Å². The van der Waals surface area contributed by atoms with Crippen LogP contribution in [0.2, 0.25) is 0 Å². The number of carbonyl (C=O) groups is 1. The molecule has 2 rings (SSSR count). The van der Waals surface area contributed by atoms with E-state index in [0.29, 0.717) is 0 Å². The summed E-state index contributed by atoms with van der Waals surface area (Å²) in [7, 11) is 0. The molecule has 25 heavy (non-hydrogen) atoms. The van der Waals surface area contributed by atoms with Crippen LogP contribution in [0.25, 0.3) is 0 Å². The summed E-state index contributed by atoms with van der Waals surface area (Å²) < 4.78 is 87.2. The van der Waals surface area contributed by atoms with Crippen molar-refractivity contribution in [1.82, 2.24) is 7.06 Å². The molecule has 2 aliphatic heterocycles. The minimum absolute atomic E-state index is 0.686. The van der Waals surface area contributed by atoms with E-state index in [4.69, 9.17) is 0 Å². The first-order valence-electron chi connectivity index (χ1n) is 7.02. The van der Waals surface area contributed by atoms with Gasteiger partial charge in [-0.25, -0.2) is 0 Å². The molecule has 2 fully saturated rings. The number of hydrogen-bond donors (Lipinski definition) is 3. The molecule has 2 atom stereocenters. The Labute approximate surface area is 160 Å². The van der Waals surface area contributed by atoms with Gasteiger partial charge in [-0.15, -0.1) is 0 Å². The normalized spacial score (nSPS) is 24.4. The van der Waals surface area contributed by atoms with E-state index in [9.17, 15) is 36.2 Å². The Bertz CT molecular complexity index is 546. The Morgan fingerprint density at radius 2 is 1.60 bits per heavy atom. The first-order chi connectivity index (χ1) is 11.0. The number of carbonyl (C=O) groups excluding carboxylic acids is 1. The zero-order valence-corrected chi connectivity index (χ0v) is 17.5. The van der Waals surface area contributed by atoms with Crippen LogP contribution < -0.4 is 7.06 Å². The van der Waals surface area contributed by atoms with Crippen molar-refractivity contribution in [2.45, 2.75) is 58.3 Å². The van der Waals surface area contributed by atoms with Crippen LogP contribution in [-0.4, -0.2) is 42.2 Å². The molecule has 0 aromatic heterocycles. The molecule has 148 valence electrons. The second kappa shape index (κ2) is 6.20. The summed E-state index contributed by atoms with van der Waals surface area (Å²) in [6.07, 6.45) is -15.7. The van der Waals surface area contributed by atoms with Crippen LogP contribution in [0, 0.1) is 5.92 Å². The summed E-state index contributed by atoms with van der Waals surface area (Å²) in [6, 6.07) is 0. The second-order valence-corrected chi connectivity index (χ2v) is 12.9. The van der Waals surface area contributed by atoms with Crippen LogP contribution in [-0.2, 0) is 9.53 Å². The fourth-order valence-corrected chi connectivity index (χ4v) is 9.98. The molecule has 0 aliphatic carbocycles. The van der Waals surface area contributed by atoms with Crippen molar-refractivity contribution >= 4 is 48.9 Å². The van der Waals surface area contributed by atoms with Gasteiger partial charge in [0.25, 0.3) is 0 Å². The van der Waals surface area contributed by atoms with Gasteiger partial charge in [-0.2, -0.15) is 0 Å². The van der Waals surface area contributed by atoms with Crippen LogP contribution in [0.5, 0.6) is 0 Å². The third kappa shape index (κ3) is 3.47. The molecule has 2 heterocycles. The maximum absolute atomic E-state index is 13.1. The number of rotatable bonds is 6. The number of esters is 1. The van der Waals surface area contributed by atoms with Crippen LogP contribution >= 0.6 is 43.0 Å². The number of fused-ring (bicyclic) bond motifs is 1. The topological polar surface area (TPSA) is 90.4 Å². The summed E-state index contributed by atoms with van der Waals surface area (Å²) in [6.45, 7) is 4.10. The SMILES string of the molecule is CC(C)CC(OC(=O)C(C)(I)C12NI1N2)C(O)(C(F)(F)F)C(F)(F)F. The van der Waals surface area contributed by atoms with Crippen molar-refractivity contribution in [3.8, 4) is 0 Å². The van der Waals surface area contributed by atoms with Crippen molar-refractivity contribution in [2.75, 3.05) is 0 Å². The van der Waals surface area contributed by atoms with Crippen molar-refractivity contribution in [3.63, 3.8) is 0 Å². The number of ether oxygens (including phenoxy) is 1. The van der Waals surface area contributed by atoms with E-state index in [-0.39, 0.29) is 0 Å². The fraction of sp³-hybridized carbons (Fsp3) is 0.917. The van der Waals surface area contributed by atoms with E-state index < -0.39 is 69.8 Å². The average molecular weight is 604 g/mol. The van der Waals surface area contributed by atoms with E-state index in [1.165, 1.54) is 20.8 Å². The molecular formula is C12H16F6I2N2O3. The number of halogens is 8. The summed E-state index contributed by atoms with van der Waals surface area (Å²) >= 11 is -0.0600. The van der Waals surface area contributed by atoms with Gasteiger partial charge in [-0.05, 0) is 0 Å². The molecule has 13 heteroatoms. The predicted molar refractivity (Wildman–Crippen MR) is 91.8 cm³/mol. The molecule has 2 aliphatic rings. The monoisotopic (exact) mass is 604 g/mol. The summed E-state index contributed by atoms with van der Waals surface area (Å²) in [5.74, 6) is -1.92. The Hall–Kier alpha value is 0.390. The molecule has 0 aromatic carbocycles. The van der Waals surface area contributed by atoms with E-state index in [1.807, 2.05) is 0 Å². The molecule has 0 spiro atoms. The van der Waals surface area contributed by atoms with Gasteiger partial charge < -0.3 is 0 Å². The van der Waals surface area contributed by atoms with Crippen molar-refractivity contribution in [3.05, 3.63) is 0 Å². The molecule has 0 amide bonds. The Morgan fingerprint density at radius 1 is 1.20 bits per heavy atom. The van der Waals surface area contributed by atoms with E-state index >= 15 is 0 Å². The average Bonchev–Trinajstić information content (AvgIpc) is 3.21. The zero-order chi connectivity index (χ0) is 19.6. The van der Waals surface area contributed by atoms with Gasteiger partial charge in [0, 0.05) is 0 Å². The van der Waals surface area contributed by atoms with Crippen molar-refractivity contribution in [1.29, 1.82) is 0 Å². The van der Waals surface area contributed by atoms with Gasteiger partial charge in [-0.1, -0.05) is 0 Å². The molecule has 3 N–H and O–H groups in total. The zero-order valence-electron chi connectivity index (χ0n) is 13.1. The first kappa shape index (κ1) is 21.7. The van der Waals surface area contributed by atoms with E-state index in [0.717, 1.165) is 0 Å². The van der Waals surface area contributed by atoms with Crippen LogP contribution in [0.3, 0.4) is 0 Å². The Balaban J connectivity index is 2.33. The van der Waals surface area contributed by atoms with Crippen molar-refractivity contribution < 1.29 is 41.0 Å². The second-order valence-electron chi connectivity index (χ2n) is 6.42. The Morgan fingerprint density at radius 3 is 1.88 bits per heavy atom. The Kier molecular flexibility index (Phi) is 5.38. The van der Waals surface area contributed by atoms with Gasteiger partial charge in [0.05, 0.1) is 0 Å². The van der Waals surface area contributed by atoms with Gasteiger partial charge in [0.15, 0.2) is 0 Å². The van der Waals surface area contributed by atoms with E-state index in [1.54, 1.807) is 22.6 Å². The van der Waals surface area contributed by atoms with Crippen LogP contribution in [0.1, 0.15) is 27.2 Å². The molecular weight excluding hydrogens is 588 g/mol. The molecule has 0 aromatic rings. The molecule has 0 radical (unpaired) electrons. The summed E-state index contributed by atoms with van der Waals surface area (Å²) in [5, 5.41) is 9.59. The van der Waals surface area contributed by atoms with Gasteiger partial charge in [0.1, 0.15) is 0 Å². The quantitative estimate of drug-likeness (QED) is 0.0826. The summed E-state index contributed by atoms with van der Waals surface area (Å²) in [4.78, 5) is 12.3. The number of hydrogen-bond acceptors (Lipinski definition) is 5. The number of alkyl halides is 8. The van der Waals surface area contributed by atoms with Crippen LogP contribution in [0.15, 0.2) is 0 Å². The molecule has 0 saturated carbocycles. The van der Waals surface area contributed by atoms with Crippen LogP contribution in [0.4, 0.5) is 26.3 Å². The van der Waals surface area contributed by atoms with Gasteiger partial charge >= 0.3 is 161 Å². The maximum atomic E-state index is 13.1. The summed E-state index contributed by atoms with van der Waals surface area (Å²) in [5.41, 5.74) is -5.14. The molecule has 2 saturated heterocycles. The first-order valence-corrected chi connectivity index (χ1v) is 11.3. The fourth-order valence-electron chi connectivity index (χ4n) is 2.22. The standard InChI is InChI=1S/C12H16F6I2N2O3/c1-5(2)4-6(9(24,10(13,14)15)11(16,17)18)25-7(23)8(3,19)12-20(21-12)22-12/h5-6,21-22,24H,4H2,1-3H3. The minimum atomic E-state index is -6.06. The third-order valence-electron chi connectivity index (χ3n) is 3.96.